The number of hydrogen-bond acceptors (Lipinski definition) is 9. The molecular weight excluding hydrogens is 334 g/mol. The molecule has 1 aliphatic rings. The van der Waals surface area contributed by atoms with Crippen molar-refractivity contribution in [3.8, 4) is 0 Å². The Morgan fingerprint density at radius 3 is 2.68 bits per heavy atom. The zero-order chi connectivity index (χ0) is 18.7. The van der Waals surface area contributed by atoms with Crippen molar-refractivity contribution in [1.82, 2.24) is 14.8 Å². The minimum absolute atomic E-state index is 0.0531. The van der Waals surface area contributed by atoms with Gasteiger partial charge in [-0.3, -0.25) is 9.59 Å². The highest BCUT2D eigenvalue weighted by molar-refractivity contribution is 5.88. The van der Waals surface area contributed by atoms with Crippen molar-refractivity contribution in [2.24, 2.45) is 17.4 Å². The number of aliphatic hydroxyl groups is 2. The van der Waals surface area contributed by atoms with E-state index in [2.05, 4.69) is 10.1 Å². The first-order chi connectivity index (χ1) is 11.8. The molecular formula is C14H23N5O6. The average molecular weight is 357 g/mol. The number of nitrogens with two attached hydrogens (primary N) is 2. The number of nitrogens with zero attached hydrogens (tertiary/aromatic N) is 3. The van der Waals surface area contributed by atoms with E-state index in [0.717, 1.165) is 11.0 Å². The number of rotatable bonds is 7. The number of amides is 1. The minimum Gasteiger partial charge on any atom is -0.462 e. The molecule has 0 aliphatic carbocycles. The summed E-state index contributed by atoms with van der Waals surface area (Å²) in [5.41, 5.74) is 10.8. The molecule has 0 aromatic carbocycles. The number of hydrogen-bond donors (Lipinski definition) is 4. The Bertz CT molecular complexity index is 623. The lowest BCUT2D eigenvalue weighted by Gasteiger charge is -2.19. The predicted octanol–water partition coefficient (Wildman–Crippen LogP) is -2.09. The van der Waals surface area contributed by atoms with Crippen LogP contribution in [0.25, 0.3) is 0 Å². The van der Waals surface area contributed by atoms with Crippen LogP contribution in [0.3, 0.4) is 0 Å². The van der Waals surface area contributed by atoms with Crippen molar-refractivity contribution >= 4 is 11.9 Å². The van der Waals surface area contributed by atoms with Gasteiger partial charge in [0.25, 0.3) is 5.91 Å². The Balaban J connectivity index is 1.97. The molecule has 25 heavy (non-hydrogen) atoms. The zero-order valence-corrected chi connectivity index (χ0v) is 14.0. The van der Waals surface area contributed by atoms with Crippen LogP contribution in [-0.4, -0.2) is 67.8 Å². The van der Waals surface area contributed by atoms with Gasteiger partial charge in [-0.15, -0.1) is 5.10 Å². The summed E-state index contributed by atoms with van der Waals surface area (Å²) in [5, 5.41) is 23.9. The average Bonchev–Trinajstić information content (AvgIpc) is 3.18. The molecule has 0 radical (unpaired) electrons. The molecule has 11 nitrogen and oxygen atoms in total. The van der Waals surface area contributed by atoms with Gasteiger partial charge in [-0.25, -0.2) is 9.67 Å². The predicted molar refractivity (Wildman–Crippen MR) is 82.9 cm³/mol. The first-order valence-corrected chi connectivity index (χ1v) is 7.91. The Morgan fingerprint density at radius 1 is 1.44 bits per heavy atom. The summed E-state index contributed by atoms with van der Waals surface area (Å²) in [4.78, 5) is 26.6. The fraction of sp³-hybridized carbons (Fsp3) is 0.714. The monoisotopic (exact) mass is 357 g/mol. The van der Waals surface area contributed by atoms with Crippen LogP contribution in [0.2, 0.25) is 0 Å². The lowest BCUT2D eigenvalue weighted by molar-refractivity contribution is -0.153. The third-order valence-electron chi connectivity index (χ3n) is 4.25. The molecule has 0 unspecified atom stereocenters. The Hall–Kier alpha value is -2.08. The third kappa shape index (κ3) is 4.12. The van der Waals surface area contributed by atoms with Gasteiger partial charge in [-0.05, 0) is 5.92 Å². The molecule has 11 heteroatoms. The molecule has 1 fully saturated rings. The quantitative estimate of drug-likeness (QED) is 0.399. The fourth-order valence-electron chi connectivity index (χ4n) is 2.34. The van der Waals surface area contributed by atoms with E-state index in [1.54, 1.807) is 0 Å². The molecule has 0 spiro atoms. The highest BCUT2D eigenvalue weighted by Gasteiger charge is 2.45. The minimum atomic E-state index is -1.35. The van der Waals surface area contributed by atoms with E-state index < -0.39 is 42.5 Å². The second-order valence-electron chi connectivity index (χ2n) is 6.00. The van der Waals surface area contributed by atoms with E-state index in [9.17, 15) is 19.8 Å². The van der Waals surface area contributed by atoms with Crippen molar-refractivity contribution in [3.05, 3.63) is 12.2 Å². The summed E-state index contributed by atoms with van der Waals surface area (Å²) in [6.07, 6.45) is -2.88. The van der Waals surface area contributed by atoms with Gasteiger partial charge < -0.3 is 31.2 Å². The highest BCUT2D eigenvalue weighted by atomic mass is 16.6. The van der Waals surface area contributed by atoms with E-state index in [0.29, 0.717) is 6.42 Å². The number of aromatic nitrogens is 3. The normalized spacial score (nSPS) is 28.5. The van der Waals surface area contributed by atoms with Gasteiger partial charge in [0.05, 0.1) is 0 Å². The summed E-state index contributed by atoms with van der Waals surface area (Å²) in [6, 6.07) is -0.780. The molecule has 2 heterocycles. The Labute approximate surface area is 143 Å². The van der Waals surface area contributed by atoms with Crippen LogP contribution in [-0.2, 0) is 14.3 Å². The van der Waals surface area contributed by atoms with Crippen molar-refractivity contribution in [3.63, 3.8) is 0 Å². The molecule has 1 aromatic heterocycles. The standard InChI is InChI=1S/C14H23N5O6/c1-3-6(2)8(15)14(23)24-4-7-9(20)10(21)13(25-7)19-5-17-12(18-19)11(16)22/h5-10,13,20-21H,3-4,15H2,1-2H3,(H2,16,22)/t6-,7+,8+,9+,10+,13+/m0/s1. The van der Waals surface area contributed by atoms with Crippen LogP contribution in [0.4, 0.5) is 0 Å². The molecule has 1 amide bonds. The van der Waals surface area contributed by atoms with Gasteiger partial charge in [0.2, 0.25) is 5.82 Å². The first-order valence-electron chi connectivity index (χ1n) is 7.91. The Morgan fingerprint density at radius 2 is 2.12 bits per heavy atom. The van der Waals surface area contributed by atoms with E-state index >= 15 is 0 Å². The smallest absolute Gasteiger partial charge is 0.323 e. The molecule has 0 saturated carbocycles. The summed E-state index contributed by atoms with van der Waals surface area (Å²) < 4.78 is 11.6. The molecule has 1 saturated heterocycles. The maximum atomic E-state index is 11.9. The second kappa shape index (κ2) is 7.87. The number of primary amides is 1. The van der Waals surface area contributed by atoms with Crippen molar-refractivity contribution in [1.29, 1.82) is 0 Å². The van der Waals surface area contributed by atoms with E-state index in [4.69, 9.17) is 20.9 Å². The maximum Gasteiger partial charge on any atom is 0.323 e. The summed E-state index contributed by atoms with van der Waals surface area (Å²) in [5.74, 6) is -1.75. The SMILES string of the molecule is CC[C@H](C)[C@@H](N)C(=O)OC[C@H]1O[C@@H](n2cnc(C(N)=O)n2)[C@H](O)[C@@H]1O. The van der Waals surface area contributed by atoms with Gasteiger partial charge in [-0.2, -0.15) is 0 Å². The summed E-state index contributed by atoms with van der Waals surface area (Å²) in [7, 11) is 0. The van der Waals surface area contributed by atoms with Crippen LogP contribution in [0.1, 0.15) is 37.1 Å². The van der Waals surface area contributed by atoms with Gasteiger partial charge in [0.15, 0.2) is 6.23 Å². The number of carbonyl (C=O) groups is 2. The largest absolute Gasteiger partial charge is 0.462 e. The number of ether oxygens (including phenoxy) is 2. The number of carbonyl (C=O) groups excluding carboxylic acids is 2. The van der Waals surface area contributed by atoms with Crippen LogP contribution in [0.15, 0.2) is 6.33 Å². The van der Waals surface area contributed by atoms with Gasteiger partial charge in [-0.1, -0.05) is 20.3 Å². The van der Waals surface area contributed by atoms with Crippen LogP contribution in [0.5, 0.6) is 0 Å². The van der Waals surface area contributed by atoms with E-state index in [1.165, 1.54) is 0 Å². The number of aliphatic hydroxyl groups excluding tert-OH is 2. The molecule has 1 aromatic rings. The lowest BCUT2D eigenvalue weighted by atomic mass is 10.0. The second-order valence-corrected chi connectivity index (χ2v) is 6.00. The molecule has 1 aliphatic heterocycles. The summed E-state index contributed by atoms with van der Waals surface area (Å²) >= 11 is 0. The molecule has 2 rings (SSSR count). The molecule has 140 valence electrons. The topological polar surface area (TPSA) is 176 Å². The molecule has 6 atom stereocenters. The third-order valence-corrected chi connectivity index (χ3v) is 4.25. The highest BCUT2D eigenvalue weighted by Crippen LogP contribution is 2.29. The maximum absolute atomic E-state index is 11.9. The van der Waals surface area contributed by atoms with Crippen molar-refractivity contribution < 1.29 is 29.3 Å². The van der Waals surface area contributed by atoms with Gasteiger partial charge >= 0.3 is 5.97 Å². The molecule has 6 N–H and O–H groups in total. The van der Waals surface area contributed by atoms with Crippen molar-refractivity contribution in [2.45, 2.75) is 50.8 Å². The van der Waals surface area contributed by atoms with Gasteiger partial charge in [0.1, 0.15) is 37.3 Å². The fourth-order valence-corrected chi connectivity index (χ4v) is 2.34. The van der Waals surface area contributed by atoms with E-state index in [-0.39, 0.29) is 18.3 Å². The Kier molecular flexibility index (Phi) is 6.06. The summed E-state index contributed by atoms with van der Waals surface area (Å²) in [6.45, 7) is 3.45. The zero-order valence-electron chi connectivity index (χ0n) is 14.0. The van der Waals surface area contributed by atoms with E-state index in [1.807, 2.05) is 13.8 Å². The number of esters is 1. The first kappa shape index (κ1) is 19.2. The van der Waals surface area contributed by atoms with Crippen LogP contribution < -0.4 is 11.5 Å². The molecule has 0 bridgehead atoms. The van der Waals surface area contributed by atoms with Crippen LogP contribution in [0, 0.1) is 5.92 Å². The van der Waals surface area contributed by atoms with Crippen LogP contribution >= 0.6 is 0 Å². The lowest BCUT2D eigenvalue weighted by Crippen LogP contribution is -2.40. The van der Waals surface area contributed by atoms with Crippen molar-refractivity contribution in [2.75, 3.05) is 6.61 Å². The van der Waals surface area contributed by atoms with Gasteiger partial charge in [0, 0.05) is 0 Å².